The van der Waals surface area contributed by atoms with Crippen molar-refractivity contribution in [2.75, 3.05) is 12.8 Å². The van der Waals surface area contributed by atoms with E-state index in [0.29, 0.717) is 4.90 Å². The molecule has 0 fully saturated rings. The number of nitrogens with one attached hydrogen (secondary N) is 1. The molecule has 0 aliphatic heterocycles. The first-order chi connectivity index (χ1) is 10.0. The van der Waals surface area contributed by atoms with Crippen molar-refractivity contribution in [1.82, 2.24) is 5.32 Å². The van der Waals surface area contributed by atoms with Crippen LogP contribution in [0.4, 0.5) is 0 Å². The Morgan fingerprint density at radius 1 is 1.24 bits per heavy atom. The zero-order valence-electron chi connectivity index (χ0n) is 12.4. The Bertz CT molecular complexity index is 663. The molecule has 21 heavy (non-hydrogen) atoms. The fourth-order valence-corrected chi connectivity index (χ4v) is 3.74. The summed E-state index contributed by atoms with van der Waals surface area (Å²) in [6.07, 6.45) is 3.21. The fourth-order valence-electron chi connectivity index (χ4n) is 2.34. The van der Waals surface area contributed by atoms with Gasteiger partial charge in [-0.3, -0.25) is 0 Å². The van der Waals surface area contributed by atoms with Crippen LogP contribution in [-0.2, 0) is 16.3 Å². The van der Waals surface area contributed by atoms with Crippen molar-refractivity contribution < 1.29 is 8.42 Å². The number of hydrogen-bond donors (Lipinski definition) is 1. The molecule has 2 rings (SSSR count). The quantitative estimate of drug-likeness (QED) is 0.849. The molecule has 114 valence electrons. The van der Waals surface area contributed by atoms with Crippen molar-refractivity contribution in [1.29, 1.82) is 0 Å². The number of sulfone groups is 1. The van der Waals surface area contributed by atoms with Crippen molar-refractivity contribution in [2.45, 2.75) is 30.7 Å². The van der Waals surface area contributed by atoms with E-state index in [1.54, 1.807) is 23.5 Å². The molecule has 1 atom stereocenters. The standard InChI is InChI=1S/C16H21NO2S2/c1-3-17-16(10-9-14-7-5-11-20-14)13-6-4-8-15(12-13)21(2,18)19/h4-8,11-12,16-17H,3,9-10H2,1-2H3. The topological polar surface area (TPSA) is 46.2 Å². The van der Waals surface area contributed by atoms with E-state index in [1.165, 1.54) is 11.1 Å². The average molecular weight is 323 g/mol. The fraction of sp³-hybridized carbons (Fsp3) is 0.375. The first-order valence-corrected chi connectivity index (χ1v) is 9.83. The average Bonchev–Trinajstić information content (AvgIpc) is 2.96. The van der Waals surface area contributed by atoms with E-state index in [-0.39, 0.29) is 6.04 Å². The Morgan fingerprint density at radius 3 is 2.67 bits per heavy atom. The first-order valence-electron chi connectivity index (χ1n) is 7.06. The number of thiophene rings is 1. The van der Waals surface area contributed by atoms with E-state index >= 15 is 0 Å². The highest BCUT2D eigenvalue weighted by molar-refractivity contribution is 7.90. The van der Waals surface area contributed by atoms with Gasteiger partial charge in [0, 0.05) is 17.2 Å². The summed E-state index contributed by atoms with van der Waals surface area (Å²) in [7, 11) is -3.16. The Hall–Kier alpha value is -1.17. The molecular weight excluding hydrogens is 302 g/mol. The molecule has 1 aromatic carbocycles. The van der Waals surface area contributed by atoms with Crippen LogP contribution >= 0.6 is 11.3 Å². The molecule has 5 heteroatoms. The molecule has 0 saturated heterocycles. The van der Waals surface area contributed by atoms with Crippen molar-refractivity contribution in [3.63, 3.8) is 0 Å². The highest BCUT2D eigenvalue weighted by Gasteiger charge is 2.14. The van der Waals surface area contributed by atoms with Crippen LogP contribution in [0.25, 0.3) is 0 Å². The number of rotatable bonds is 7. The van der Waals surface area contributed by atoms with Crippen LogP contribution in [0.2, 0.25) is 0 Å². The van der Waals surface area contributed by atoms with Gasteiger partial charge in [0.2, 0.25) is 0 Å². The summed E-state index contributed by atoms with van der Waals surface area (Å²) in [4.78, 5) is 1.75. The summed E-state index contributed by atoms with van der Waals surface area (Å²) in [6.45, 7) is 2.93. The molecule has 0 bridgehead atoms. The minimum atomic E-state index is -3.16. The number of benzene rings is 1. The molecule has 3 nitrogen and oxygen atoms in total. The lowest BCUT2D eigenvalue weighted by molar-refractivity contribution is 0.516. The summed E-state index contributed by atoms with van der Waals surface area (Å²) in [5, 5.41) is 5.53. The van der Waals surface area contributed by atoms with Gasteiger partial charge in [0.25, 0.3) is 0 Å². The van der Waals surface area contributed by atoms with Gasteiger partial charge in [-0.1, -0.05) is 25.1 Å². The third-order valence-corrected chi connectivity index (χ3v) is 5.45. The Kier molecular flexibility index (Phi) is 5.56. The first kappa shape index (κ1) is 16.2. The van der Waals surface area contributed by atoms with Gasteiger partial charge in [-0.15, -0.1) is 11.3 Å². The molecule has 0 amide bonds. The lowest BCUT2D eigenvalue weighted by Crippen LogP contribution is -2.21. The molecule has 0 aliphatic carbocycles. The highest BCUT2D eigenvalue weighted by atomic mass is 32.2. The van der Waals surface area contributed by atoms with Crippen LogP contribution < -0.4 is 5.32 Å². The van der Waals surface area contributed by atoms with Gasteiger partial charge < -0.3 is 5.32 Å². The monoisotopic (exact) mass is 323 g/mol. The van der Waals surface area contributed by atoms with E-state index in [0.717, 1.165) is 24.9 Å². The van der Waals surface area contributed by atoms with E-state index in [9.17, 15) is 8.42 Å². The van der Waals surface area contributed by atoms with Crippen LogP contribution in [0.5, 0.6) is 0 Å². The molecule has 1 unspecified atom stereocenters. The van der Waals surface area contributed by atoms with Gasteiger partial charge in [0.15, 0.2) is 9.84 Å². The minimum absolute atomic E-state index is 0.179. The predicted octanol–water partition coefficient (Wildman–Crippen LogP) is 3.44. The molecule has 2 aromatic rings. The normalized spacial score (nSPS) is 13.2. The third-order valence-electron chi connectivity index (χ3n) is 3.40. The molecule has 0 aliphatic rings. The Labute approximate surface area is 130 Å². The van der Waals surface area contributed by atoms with Gasteiger partial charge in [0.1, 0.15) is 0 Å². The van der Waals surface area contributed by atoms with Crippen LogP contribution in [0.15, 0.2) is 46.7 Å². The third kappa shape index (κ3) is 4.66. The lowest BCUT2D eigenvalue weighted by atomic mass is 10.0. The van der Waals surface area contributed by atoms with Gasteiger partial charge in [-0.25, -0.2) is 8.42 Å². The van der Waals surface area contributed by atoms with Crippen LogP contribution in [0, 0.1) is 0 Å². The zero-order valence-corrected chi connectivity index (χ0v) is 14.0. The van der Waals surface area contributed by atoms with Gasteiger partial charge in [-0.05, 0) is 48.5 Å². The van der Waals surface area contributed by atoms with E-state index in [1.807, 2.05) is 12.1 Å². The molecule has 0 radical (unpaired) electrons. The zero-order chi connectivity index (χ0) is 15.3. The van der Waals surface area contributed by atoms with E-state index < -0.39 is 9.84 Å². The van der Waals surface area contributed by atoms with Crippen LogP contribution in [-0.4, -0.2) is 21.2 Å². The van der Waals surface area contributed by atoms with Gasteiger partial charge in [0.05, 0.1) is 4.90 Å². The second-order valence-electron chi connectivity index (χ2n) is 5.07. The summed E-state index contributed by atoms with van der Waals surface area (Å²) < 4.78 is 23.4. The summed E-state index contributed by atoms with van der Waals surface area (Å²) in [6, 6.07) is 11.6. The maximum Gasteiger partial charge on any atom is 0.175 e. The SMILES string of the molecule is CCNC(CCc1cccs1)c1cccc(S(C)(=O)=O)c1. The van der Waals surface area contributed by atoms with E-state index in [4.69, 9.17) is 0 Å². The van der Waals surface area contributed by atoms with Crippen molar-refractivity contribution in [3.8, 4) is 0 Å². The van der Waals surface area contributed by atoms with Crippen molar-refractivity contribution >= 4 is 21.2 Å². The van der Waals surface area contributed by atoms with Gasteiger partial charge >= 0.3 is 0 Å². The minimum Gasteiger partial charge on any atom is -0.310 e. The van der Waals surface area contributed by atoms with Crippen LogP contribution in [0.1, 0.15) is 29.8 Å². The largest absolute Gasteiger partial charge is 0.310 e. The lowest BCUT2D eigenvalue weighted by Gasteiger charge is -2.18. The maximum atomic E-state index is 11.7. The number of aryl methyl sites for hydroxylation is 1. The predicted molar refractivity (Wildman–Crippen MR) is 88.6 cm³/mol. The second-order valence-corrected chi connectivity index (χ2v) is 8.12. The molecular formula is C16H21NO2S2. The van der Waals surface area contributed by atoms with Crippen molar-refractivity contribution in [2.24, 2.45) is 0 Å². The molecule has 0 spiro atoms. The molecule has 0 saturated carbocycles. The summed E-state index contributed by atoms with van der Waals surface area (Å²) in [5.74, 6) is 0. The van der Waals surface area contributed by atoms with E-state index in [2.05, 4.69) is 29.8 Å². The van der Waals surface area contributed by atoms with Crippen molar-refractivity contribution in [3.05, 3.63) is 52.2 Å². The second kappa shape index (κ2) is 7.20. The summed E-state index contributed by atoms with van der Waals surface area (Å²) >= 11 is 1.76. The highest BCUT2D eigenvalue weighted by Crippen LogP contribution is 2.23. The molecule has 1 N–H and O–H groups in total. The Balaban J connectivity index is 2.17. The Morgan fingerprint density at radius 2 is 2.05 bits per heavy atom. The maximum absolute atomic E-state index is 11.7. The smallest absolute Gasteiger partial charge is 0.175 e. The molecule has 1 heterocycles. The summed E-state index contributed by atoms with van der Waals surface area (Å²) in [5.41, 5.74) is 1.04. The molecule has 1 aromatic heterocycles. The van der Waals surface area contributed by atoms with Crippen LogP contribution in [0.3, 0.4) is 0 Å². The number of hydrogen-bond acceptors (Lipinski definition) is 4. The van der Waals surface area contributed by atoms with Gasteiger partial charge in [-0.2, -0.15) is 0 Å².